The van der Waals surface area contributed by atoms with Crippen LogP contribution in [0.1, 0.15) is 12.5 Å². The number of aromatic nitrogens is 2. The van der Waals surface area contributed by atoms with E-state index in [1.165, 1.54) is 6.92 Å². The molecule has 158 valence electrons. The Morgan fingerprint density at radius 1 is 1.00 bits per heavy atom. The quantitative estimate of drug-likeness (QED) is 0.379. The molecule has 0 fully saturated rings. The molecule has 31 heavy (non-hydrogen) atoms. The fourth-order valence-corrected chi connectivity index (χ4v) is 3.63. The van der Waals surface area contributed by atoms with Crippen LogP contribution in [0, 0.1) is 0 Å². The highest BCUT2D eigenvalue weighted by Crippen LogP contribution is 2.36. The Balaban J connectivity index is 1.58. The number of amides is 1. The van der Waals surface area contributed by atoms with E-state index in [9.17, 15) is 4.79 Å². The highest BCUT2D eigenvalue weighted by atomic mass is 16.5. The van der Waals surface area contributed by atoms with E-state index in [-0.39, 0.29) is 5.91 Å². The van der Waals surface area contributed by atoms with Crippen molar-refractivity contribution in [1.29, 1.82) is 0 Å². The number of benzene rings is 3. The van der Waals surface area contributed by atoms with Crippen LogP contribution in [0.2, 0.25) is 0 Å². The molecule has 3 N–H and O–H groups in total. The Bertz CT molecular complexity index is 1180. The summed E-state index contributed by atoms with van der Waals surface area (Å²) in [5.74, 6) is 1.56. The van der Waals surface area contributed by atoms with Gasteiger partial charge in [0.05, 0.1) is 12.6 Å². The van der Waals surface area contributed by atoms with Crippen molar-refractivity contribution in [2.75, 3.05) is 20.2 Å². The number of rotatable bonds is 8. The molecular formula is C25H26N4O2. The second-order valence-electron chi connectivity index (χ2n) is 7.35. The molecule has 0 atom stereocenters. The van der Waals surface area contributed by atoms with Gasteiger partial charge in [-0.15, -0.1) is 0 Å². The summed E-state index contributed by atoms with van der Waals surface area (Å²) in [5.41, 5.74) is 6.03. The third kappa shape index (κ3) is 4.75. The average molecular weight is 415 g/mol. The SMILES string of the molecule is COc1c(-c2ccccc2)ccc2[nH]c(-c3cccc(CNCCNC(C)=O)c3)nc12. The predicted octanol–water partition coefficient (Wildman–Crippen LogP) is 4.13. The maximum Gasteiger partial charge on any atom is 0.216 e. The third-order valence-electron chi connectivity index (χ3n) is 5.10. The monoisotopic (exact) mass is 414 g/mol. The lowest BCUT2D eigenvalue weighted by Gasteiger charge is -2.09. The van der Waals surface area contributed by atoms with Crippen molar-refractivity contribution < 1.29 is 9.53 Å². The molecule has 1 aromatic heterocycles. The van der Waals surface area contributed by atoms with Crippen LogP contribution in [0.5, 0.6) is 5.75 Å². The molecule has 4 rings (SSSR count). The Morgan fingerprint density at radius 2 is 1.81 bits per heavy atom. The minimum Gasteiger partial charge on any atom is -0.494 e. The summed E-state index contributed by atoms with van der Waals surface area (Å²) in [4.78, 5) is 19.2. The lowest BCUT2D eigenvalue weighted by molar-refractivity contribution is -0.118. The molecule has 0 saturated carbocycles. The Labute approximate surface area is 181 Å². The van der Waals surface area contributed by atoms with Crippen LogP contribution in [-0.4, -0.2) is 36.1 Å². The fraction of sp³-hybridized carbons (Fsp3) is 0.200. The van der Waals surface area contributed by atoms with Crippen LogP contribution in [0.3, 0.4) is 0 Å². The molecule has 0 saturated heterocycles. The van der Waals surface area contributed by atoms with E-state index in [0.29, 0.717) is 13.1 Å². The first-order chi connectivity index (χ1) is 15.2. The van der Waals surface area contributed by atoms with E-state index < -0.39 is 0 Å². The summed E-state index contributed by atoms with van der Waals surface area (Å²) < 4.78 is 5.76. The van der Waals surface area contributed by atoms with Gasteiger partial charge in [0.25, 0.3) is 0 Å². The summed E-state index contributed by atoms with van der Waals surface area (Å²) in [6.45, 7) is 3.57. The van der Waals surface area contributed by atoms with Crippen LogP contribution in [0.4, 0.5) is 0 Å². The standard InChI is InChI=1S/C25H26N4O2/c1-17(30)27-14-13-26-16-18-7-6-10-20(15-18)25-28-22-12-11-21(19-8-4-3-5-9-19)24(31-2)23(22)29-25/h3-12,15,26H,13-14,16H2,1-2H3,(H,27,30)(H,28,29). The summed E-state index contributed by atoms with van der Waals surface area (Å²) in [6, 6.07) is 22.6. The Morgan fingerprint density at radius 3 is 2.58 bits per heavy atom. The number of nitrogens with zero attached hydrogens (tertiary/aromatic N) is 1. The number of carbonyl (C=O) groups excluding carboxylic acids is 1. The first-order valence-corrected chi connectivity index (χ1v) is 10.3. The van der Waals surface area contributed by atoms with Crippen LogP contribution in [0.15, 0.2) is 66.7 Å². The molecular weight excluding hydrogens is 388 g/mol. The van der Waals surface area contributed by atoms with E-state index in [1.54, 1.807) is 7.11 Å². The third-order valence-corrected chi connectivity index (χ3v) is 5.10. The van der Waals surface area contributed by atoms with Crippen LogP contribution >= 0.6 is 0 Å². The number of imidazole rings is 1. The van der Waals surface area contributed by atoms with Gasteiger partial charge in [0.15, 0.2) is 5.75 Å². The molecule has 0 bridgehead atoms. The van der Waals surface area contributed by atoms with E-state index >= 15 is 0 Å². The van der Waals surface area contributed by atoms with Gasteiger partial charge in [-0.05, 0) is 29.3 Å². The average Bonchev–Trinajstić information content (AvgIpc) is 3.23. The molecule has 0 spiro atoms. The number of hydrogen-bond acceptors (Lipinski definition) is 4. The van der Waals surface area contributed by atoms with Gasteiger partial charge >= 0.3 is 0 Å². The first kappa shape index (κ1) is 20.6. The Hall–Kier alpha value is -3.64. The highest BCUT2D eigenvalue weighted by molar-refractivity contribution is 5.92. The smallest absolute Gasteiger partial charge is 0.216 e. The zero-order chi connectivity index (χ0) is 21.6. The molecule has 1 heterocycles. The van der Waals surface area contributed by atoms with Crippen molar-refractivity contribution in [2.24, 2.45) is 0 Å². The van der Waals surface area contributed by atoms with Gasteiger partial charge in [0.1, 0.15) is 11.3 Å². The van der Waals surface area contributed by atoms with Gasteiger partial charge in [-0.3, -0.25) is 4.79 Å². The summed E-state index contributed by atoms with van der Waals surface area (Å²) in [6.07, 6.45) is 0. The summed E-state index contributed by atoms with van der Waals surface area (Å²) in [7, 11) is 1.68. The zero-order valence-electron chi connectivity index (χ0n) is 17.7. The first-order valence-electron chi connectivity index (χ1n) is 10.3. The number of nitrogens with one attached hydrogen (secondary N) is 3. The number of methoxy groups -OCH3 is 1. The molecule has 0 radical (unpaired) electrons. The maximum absolute atomic E-state index is 10.9. The van der Waals surface area contributed by atoms with Crippen molar-refractivity contribution >= 4 is 16.9 Å². The molecule has 0 aliphatic rings. The number of carbonyl (C=O) groups is 1. The molecule has 0 unspecified atom stereocenters. The predicted molar refractivity (Wildman–Crippen MR) is 124 cm³/mol. The number of hydrogen-bond donors (Lipinski definition) is 3. The largest absolute Gasteiger partial charge is 0.494 e. The molecule has 6 heteroatoms. The number of H-pyrrole nitrogens is 1. The number of ether oxygens (including phenoxy) is 1. The van der Waals surface area contributed by atoms with E-state index in [1.807, 2.05) is 36.4 Å². The lowest BCUT2D eigenvalue weighted by atomic mass is 10.0. The van der Waals surface area contributed by atoms with Gasteiger partial charge in [0, 0.05) is 37.7 Å². The van der Waals surface area contributed by atoms with Crippen molar-refractivity contribution in [1.82, 2.24) is 20.6 Å². The topological polar surface area (TPSA) is 79.0 Å². The van der Waals surface area contributed by atoms with Crippen molar-refractivity contribution in [2.45, 2.75) is 13.5 Å². The van der Waals surface area contributed by atoms with Gasteiger partial charge in [-0.1, -0.05) is 48.5 Å². The molecule has 0 aliphatic carbocycles. The highest BCUT2D eigenvalue weighted by Gasteiger charge is 2.15. The molecule has 6 nitrogen and oxygen atoms in total. The normalized spacial score (nSPS) is 10.9. The van der Waals surface area contributed by atoms with E-state index in [2.05, 4.69) is 45.9 Å². The van der Waals surface area contributed by atoms with E-state index in [0.717, 1.165) is 51.4 Å². The van der Waals surface area contributed by atoms with Crippen LogP contribution in [0.25, 0.3) is 33.5 Å². The van der Waals surface area contributed by atoms with Crippen molar-refractivity contribution in [3.05, 3.63) is 72.3 Å². The second-order valence-corrected chi connectivity index (χ2v) is 7.35. The van der Waals surface area contributed by atoms with Gasteiger partial charge in [0.2, 0.25) is 5.91 Å². The van der Waals surface area contributed by atoms with Gasteiger partial charge in [-0.25, -0.2) is 4.98 Å². The zero-order valence-corrected chi connectivity index (χ0v) is 17.7. The Kier molecular flexibility index (Phi) is 6.29. The maximum atomic E-state index is 10.9. The molecule has 1 amide bonds. The number of fused-ring (bicyclic) bond motifs is 1. The molecule has 0 aliphatic heterocycles. The minimum absolute atomic E-state index is 0.0143. The van der Waals surface area contributed by atoms with Crippen molar-refractivity contribution in [3.8, 4) is 28.3 Å². The van der Waals surface area contributed by atoms with E-state index in [4.69, 9.17) is 9.72 Å². The summed E-state index contributed by atoms with van der Waals surface area (Å²) >= 11 is 0. The van der Waals surface area contributed by atoms with Crippen LogP contribution in [-0.2, 0) is 11.3 Å². The molecule has 4 aromatic rings. The van der Waals surface area contributed by atoms with Gasteiger partial charge < -0.3 is 20.4 Å². The van der Waals surface area contributed by atoms with Gasteiger partial charge in [-0.2, -0.15) is 0 Å². The summed E-state index contributed by atoms with van der Waals surface area (Å²) in [5, 5.41) is 6.12. The fourth-order valence-electron chi connectivity index (χ4n) is 3.63. The lowest BCUT2D eigenvalue weighted by Crippen LogP contribution is -2.29. The van der Waals surface area contributed by atoms with Crippen LogP contribution < -0.4 is 15.4 Å². The molecule has 3 aromatic carbocycles. The minimum atomic E-state index is -0.0143. The second kappa shape index (κ2) is 9.45. The van der Waals surface area contributed by atoms with Crippen molar-refractivity contribution in [3.63, 3.8) is 0 Å². The number of aromatic amines is 1.